The molecule has 0 fully saturated rings. The summed E-state index contributed by atoms with van der Waals surface area (Å²) in [5.41, 5.74) is 0.553. The van der Waals surface area contributed by atoms with Crippen LogP contribution in [0.25, 0.3) is 0 Å². The van der Waals surface area contributed by atoms with Gasteiger partial charge in [0.05, 0.1) is 10.6 Å². The number of primary sulfonamides is 1. The number of nitrogens with two attached hydrogens (primary N) is 1. The molecule has 0 aliphatic carbocycles. The van der Waals surface area contributed by atoms with Gasteiger partial charge in [0.1, 0.15) is 4.90 Å². The second kappa shape index (κ2) is 5.99. The molecule has 0 saturated heterocycles. The van der Waals surface area contributed by atoms with Gasteiger partial charge in [0.15, 0.2) is 0 Å². The Bertz CT molecular complexity index is 925. The zero-order valence-corrected chi connectivity index (χ0v) is 14.7. The summed E-state index contributed by atoms with van der Waals surface area (Å²) in [5, 5.41) is 5.11. The number of anilines is 1. The summed E-state index contributed by atoms with van der Waals surface area (Å²) in [7, 11) is -7.78. The number of hydrogen-bond donors (Lipinski definition) is 2. The highest BCUT2D eigenvalue weighted by Gasteiger charge is 2.19. The van der Waals surface area contributed by atoms with E-state index in [4.69, 9.17) is 5.14 Å². The fourth-order valence-electron chi connectivity index (χ4n) is 1.84. The molecular weight excluding hydrogens is 392 g/mol. The third-order valence-electron chi connectivity index (χ3n) is 2.87. The van der Waals surface area contributed by atoms with E-state index in [1.165, 1.54) is 24.3 Å². The normalized spacial score (nSPS) is 12.1. The Morgan fingerprint density at radius 1 is 1.00 bits per heavy atom. The Labute approximate surface area is 137 Å². The first-order valence-corrected chi connectivity index (χ1v) is 9.84. The van der Waals surface area contributed by atoms with Gasteiger partial charge in [-0.25, -0.2) is 22.0 Å². The van der Waals surface area contributed by atoms with Gasteiger partial charge in [0.2, 0.25) is 10.0 Å². The maximum absolute atomic E-state index is 12.3. The van der Waals surface area contributed by atoms with Crippen LogP contribution in [0.3, 0.4) is 0 Å². The van der Waals surface area contributed by atoms with Gasteiger partial charge in [-0.1, -0.05) is 18.2 Å². The number of sulfonamides is 2. The van der Waals surface area contributed by atoms with Crippen molar-refractivity contribution in [3.05, 3.63) is 52.5 Å². The number of nitrogens with one attached hydrogen (secondary N) is 1. The third-order valence-corrected chi connectivity index (χ3v) is 6.32. The molecule has 0 aliphatic heterocycles. The first-order chi connectivity index (χ1) is 10.1. The highest BCUT2D eigenvalue weighted by molar-refractivity contribution is 9.10. The minimum Gasteiger partial charge on any atom is -0.280 e. The Morgan fingerprint density at radius 3 is 2.23 bits per heavy atom. The van der Waals surface area contributed by atoms with Crippen molar-refractivity contribution in [1.82, 2.24) is 0 Å². The molecule has 0 heterocycles. The monoisotopic (exact) mass is 404 g/mol. The fraction of sp³-hybridized carbons (Fsp3) is 0.0769. The van der Waals surface area contributed by atoms with Gasteiger partial charge >= 0.3 is 0 Å². The predicted molar refractivity (Wildman–Crippen MR) is 87.5 cm³/mol. The first kappa shape index (κ1) is 16.9. The zero-order valence-electron chi connectivity index (χ0n) is 11.4. The second-order valence-electron chi connectivity index (χ2n) is 4.56. The third kappa shape index (κ3) is 3.67. The lowest BCUT2D eigenvalue weighted by Crippen LogP contribution is -2.16. The number of rotatable bonds is 4. The van der Waals surface area contributed by atoms with Crippen LogP contribution in [0, 0.1) is 6.92 Å². The van der Waals surface area contributed by atoms with Crippen LogP contribution in [-0.2, 0) is 20.0 Å². The molecule has 118 valence electrons. The maximum Gasteiger partial charge on any atom is 0.263 e. The largest absolute Gasteiger partial charge is 0.280 e. The van der Waals surface area contributed by atoms with Crippen LogP contribution >= 0.6 is 15.9 Å². The second-order valence-corrected chi connectivity index (χ2v) is 8.60. The minimum atomic E-state index is -3.93. The zero-order chi connectivity index (χ0) is 16.5. The molecule has 2 aromatic carbocycles. The molecule has 9 heteroatoms. The Hall–Kier alpha value is -1.42. The SMILES string of the molecule is Cc1ccc(NS(=O)(=O)c2ccccc2Br)cc1S(N)(=O)=O. The van der Waals surface area contributed by atoms with Gasteiger partial charge in [-0.2, -0.15) is 0 Å². The van der Waals surface area contributed by atoms with Gasteiger partial charge in [0.25, 0.3) is 10.0 Å². The fourth-order valence-corrected chi connectivity index (χ4v) is 4.70. The van der Waals surface area contributed by atoms with Crippen molar-refractivity contribution in [1.29, 1.82) is 0 Å². The topological polar surface area (TPSA) is 106 Å². The molecule has 0 bridgehead atoms. The van der Waals surface area contributed by atoms with E-state index < -0.39 is 20.0 Å². The molecule has 0 spiro atoms. The van der Waals surface area contributed by atoms with Crippen molar-refractivity contribution in [3.63, 3.8) is 0 Å². The molecule has 3 N–H and O–H groups in total. The van der Waals surface area contributed by atoms with Gasteiger partial charge in [0, 0.05) is 4.47 Å². The summed E-state index contributed by atoms with van der Waals surface area (Å²) in [6, 6.07) is 10.5. The van der Waals surface area contributed by atoms with Crippen LogP contribution in [0.4, 0.5) is 5.69 Å². The lowest BCUT2D eigenvalue weighted by Gasteiger charge is -2.11. The number of aryl methyl sites for hydroxylation is 1. The molecule has 2 rings (SSSR count). The molecule has 0 unspecified atom stereocenters. The predicted octanol–water partition coefficient (Wildman–Crippen LogP) is 2.21. The molecule has 0 atom stereocenters. The summed E-state index contributed by atoms with van der Waals surface area (Å²) in [6.45, 7) is 1.58. The van der Waals surface area contributed by atoms with E-state index in [9.17, 15) is 16.8 Å². The van der Waals surface area contributed by atoms with Crippen LogP contribution in [0.1, 0.15) is 5.56 Å². The smallest absolute Gasteiger partial charge is 0.263 e. The first-order valence-electron chi connectivity index (χ1n) is 6.02. The highest BCUT2D eigenvalue weighted by atomic mass is 79.9. The quantitative estimate of drug-likeness (QED) is 0.813. The van der Waals surface area contributed by atoms with E-state index in [2.05, 4.69) is 20.7 Å². The van der Waals surface area contributed by atoms with Crippen LogP contribution in [0.2, 0.25) is 0 Å². The van der Waals surface area contributed by atoms with E-state index in [1.54, 1.807) is 25.1 Å². The van der Waals surface area contributed by atoms with Crippen LogP contribution < -0.4 is 9.86 Å². The van der Waals surface area contributed by atoms with Crippen LogP contribution in [0.5, 0.6) is 0 Å². The number of benzene rings is 2. The summed E-state index contributed by atoms with van der Waals surface area (Å²) < 4.78 is 50.4. The van der Waals surface area contributed by atoms with E-state index in [-0.39, 0.29) is 15.5 Å². The molecule has 0 amide bonds. The lowest BCUT2D eigenvalue weighted by molar-refractivity contribution is 0.596. The average molecular weight is 405 g/mol. The molecule has 0 saturated carbocycles. The van der Waals surface area contributed by atoms with Crippen LogP contribution in [0.15, 0.2) is 56.7 Å². The van der Waals surface area contributed by atoms with E-state index in [1.807, 2.05) is 0 Å². The van der Waals surface area contributed by atoms with Crippen molar-refractivity contribution in [2.75, 3.05) is 4.72 Å². The van der Waals surface area contributed by atoms with Crippen molar-refractivity contribution >= 4 is 41.7 Å². The average Bonchev–Trinajstić information content (AvgIpc) is 2.39. The van der Waals surface area contributed by atoms with E-state index in [0.29, 0.717) is 10.0 Å². The van der Waals surface area contributed by atoms with Gasteiger partial charge in [-0.05, 0) is 52.7 Å². The summed E-state index contributed by atoms with van der Waals surface area (Å²) in [6.07, 6.45) is 0. The highest BCUT2D eigenvalue weighted by Crippen LogP contribution is 2.25. The Balaban J connectivity index is 2.46. The standard InChI is InChI=1S/C13H13BrN2O4S2/c1-9-6-7-10(8-13(9)21(15,17)18)16-22(19,20)12-5-3-2-4-11(12)14/h2-8,16H,1H3,(H2,15,17,18). The number of hydrogen-bond acceptors (Lipinski definition) is 4. The van der Waals surface area contributed by atoms with Gasteiger partial charge in [-0.15, -0.1) is 0 Å². The lowest BCUT2D eigenvalue weighted by atomic mass is 10.2. The molecule has 22 heavy (non-hydrogen) atoms. The molecule has 0 radical (unpaired) electrons. The van der Waals surface area contributed by atoms with Gasteiger partial charge in [-0.3, -0.25) is 4.72 Å². The van der Waals surface area contributed by atoms with Crippen LogP contribution in [-0.4, -0.2) is 16.8 Å². The molecule has 0 aromatic heterocycles. The minimum absolute atomic E-state index is 0.0488. The molecular formula is C13H13BrN2O4S2. The Morgan fingerprint density at radius 2 is 1.64 bits per heavy atom. The summed E-state index contributed by atoms with van der Waals surface area (Å²) >= 11 is 3.17. The molecule has 6 nitrogen and oxygen atoms in total. The van der Waals surface area contributed by atoms with Gasteiger partial charge < -0.3 is 0 Å². The number of halogens is 1. The molecule has 2 aromatic rings. The molecule has 0 aliphatic rings. The summed E-state index contributed by atoms with van der Waals surface area (Å²) in [4.78, 5) is -0.0763. The van der Waals surface area contributed by atoms with E-state index >= 15 is 0 Å². The van der Waals surface area contributed by atoms with E-state index in [0.717, 1.165) is 0 Å². The van der Waals surface area contributed by atoms with Crippen molar-refractivity contribution in [2.24, 2.45) is 5.14 Å². The van der Waals surface area contributed by atoms with Crippen molar-refractivity contribution in [2.45, 2.75) is 16.7 Å². The summed E-state index contributed by atoms with van der Waals surface area (Å²) in [5.74, 6) is 0. The Kier molecular flexibility index (Phi) is 4.62. The van der Waals surface area contributed by atoms with Crippen molar-refractivity contribution < 1.29 is 16.8 Å². The van der Waals surface area contributed by atoms with Crippen molar-refractivity contribution in [3.8, 4) is 0 Å². The maximum atomic E-state index is 12.3.